The summed E-state index contributed by atoms with van der Waals surface area (Å²) in [5.74, 6) is 0. The Morgan fingerprint density at radius 3 is 2.89 bits per heavy atom. The minimum absolute atomic E-state index is 0.628. The summed E-state index contributed by atoms with van der Waals surface area (Å²) in [6, 6.07) is 5.27. The lowest BCUT2D eigenvalue weighted by Crippen LogP contribution is -2.17. The average molecular weight is 281 g/mol. The fourth-order valence-corrected chi connectivity index (χ4v) is 2.72. The molecular weight excluding hydrogens is 268 g/mol. The molecule has 0 saturated heterocycles. The zero-order valence-corrected chi connectivity index (χ0v) is 11.8. The molecule has 1 aromatic carbocycles. The average Bonchev–Trinajstić information content (AvgIpc) is 2.75. The summed E-state index contributed by atoms with van der Waals surface area (Å²) in [5.41, 5.74) is 4.34. The standard InChI is InChI=1S/C13H13ClN2OS/c1-9-13(18-8-15-9)6-16(2)12-5-11(14)4-3-10(12)7-17/h3-5,7-8H,6H2,1-2H3. The zero-order valence-electron chi connectivity index (χ0n) is 10.2. The van der Waals surface area contributed by atoms with Gasteiger partial charge in [-0.05, 0) is 25.1 Å². The molecule has 0 aliphatic rings. The maximum atomic E-state index is 11.0. The third kappa shape index (κ3) is 2.71. The van der Waals surface area contributed by atoms with E-state index in [1.807, 2.05) is 30.4 Å². The molecule has 0 aliphatic carbocycles. The van der Waals surface area contributed by atoms with E-state index < -0.39 is 0 Å². The predicted molar refractivity (Wildman–Crippen MR) is 75.8 cm³/mol. The first kappa shape index (κ1) is 13.1. The van der Waals surface area contributed by atoms with E-state index >= 15 is 0 Å². The Hall–Kier alpha value is -1.39. The molecule has 0 saturated carbocycles. The number of thiazole rings is 1. The highest BCUT2D eigenvalue weighted by atomic mass is 35.5. The van der Waals surface area contributed by atoms with Crippen molar-refractivity contribution in [3.8, 4) is 0 Å². The number of rotatable bonds is 4. The molecule has 3 nitrogen and oxygen atoms in total. The number of anilines is 1. The van der Waals surface area contributed by atoms with E-state index in [1.165, 1.54) is 4.88 Å². The van der Waals surface area contributed by atoms with Crippen LogP contribution in [0.5, 0.6) is 0 Å². The van der Waals surface area contributed by atoms with Gasteiger partial charge in [-0.25, -0.2) is 4.98 Å². The summed E-state index contributed by atoms with van der Waals surface area (Å²) in [5, 5.41) is 0.628. The number of aromatic nitrogens is 1. The van der Waals surface area contributed by atoms with E-state index in [1.54, 1.807) is 23.5 Å². The second-order valence-electron chi connectivity index (χ2n) is 4.04. The summed E-state index contributed by atoms with van der Waals surface area (Å²) < 4.78 is 0. The summed E-state index contributed by atoms with van der Waals surface area (Å²) >= 11 is 7.59. The van der Waals surface area contributed by atoms with Crippen LogP contribution >= 0.6 is 22.9 Å². The van der Waals surface area contributed by atoms with Crippen molar-refractivity contribution in [1.82, 2.24) is 4.98 Å². The van der Waals surface area contributed by atoms with Crippen LogP contribution in [0.2, 0.25) is 5.02 Å². The fourth-order valence-electron chi connectivity index (χ4n) is 1.73. The van der Waals surface area contributed by atoms with Crippen LogP contribution in [0.15, 0.2) is 23.7 Å². The Labute approximate surface area is 115 Å². The molecule has 1 heterocycles. The van der Waals surface area contributed by atoms with Crippen LogP contribution in [-0.4, -0.2) is 18.3 Å². The van der Waals surface area contributed by atoms with Crippen molar-refractivity contribution in [2.24, 2.45) is 0 Å². The maximum Gasteiger partial charge on any atom is 0.152 e. The number of halogens is 1. The second-order valence-corrected chi connectivity index (χ2v) is 5.41. The number of carbonyl (C=O) groups excluding carboxylic acids is 1. The second kappa shape index (κ2) is 5.50. The lowest BCUT2D eigenvalue weighted by molar-refractivity contribution is 0.112. The molecule has 0 aliphatic heterocycles. The van der Waals surface area contributed by atoms with Crippen molar-refractivity contribution in [3.05, 3.63) is 44.9 Å². The van der Waals surface area contributed by atoms with Crippen LogP contribution in [0.3, 0.4) is 0 Å². The van der Waals surface area contributed by atoms with Crippen molar-refractivity contribution < 1.29 is 4.79 Å². The largest absolute Gasteiger partial charge is 0.369 e. The Balaban J connectivity index is 2.28. The van der Waals surface area contributed by atoms with Gasteiger partial charge in [-0.15, -0.1) is 11.3 Å². The Morgan fingerprint density at radius 2 is 2.28 bits per heavy atom. The van der Waals surface area contributed by atoms with Crippen LogP contribution in [0.25, 0.3) is 0 Å². The number of hydrogen-bond donors (Lipinski definition) is 0. The monoisotopic (exact) mass is 280 g/mol. The minimum Gasteiger partial charge on any atom is -0.369 e. The van der Waals surface area contributed by atoms with E-state index in [0.717, 1.165) is 24.2 Å². The highest BCUT2D eigenvalue weighted by Crippen LogP contribution is 2.25. The van der Waals surface area contributed by atoms with Gasteiger partial charge in [-0.3, -0.25) is 4.79 Å². The first-order valence-corrected chi connectivity index (χ1v) is 6.72. The van der Waals surface area contributed by atoms with Gasteiger partial charge in [0.15, 0.2) is 6.29 Å². The number of nitrogens with zero attached hydrogens (tertiary/aromatic N) is 2. The van der Waals surface area contributed by atoms with Crippen LogP contribution in [0.4, 0.5) is 5.69 Å². The van der Waals surface area contributed by atoms with Gasteiger partial charge in [-0.2, -0.15) is 0 Å². The molecule has 1 aromatic heterocycles. The predicted octanol–water partition coefficient (Wildman–Crippen LogP) is 3.55. The molecule has 0 radical (unpaired) electrons. The molecule has 5 heteroatoms. The van der Waals surface area contributed by atoms with Gasteiger partial charge in [0.05, 0.1) is 17.7 Å². The molecular formula is C13H13ClN2OS. The summed E-state index contributed by atoms with van der Waals surface area (Å²) in [4.78, 5) is 18.5. The van der Waals surface area contributed by atoms with Gasteiger partial charge in [0.1, 0.15) is 0 Å². The molecule has 2 aromatic rings. The summed E-state index contributed by atoms with van der Waals surface area (Å²) in [7, 11) is 1.94. The van der Waals surface area contributed by atoms with Gasteiger partial charge < -0.3 is 4.90 Å². The highest BCUT2D eigenvalue weighted by molar-refractivity contribution is 7.09. The summed E-state index contributed by atoms with van der Waals surface area (Å²) in [6.07, 6.45) is 0.849. The quantitative estimate of drug-likeness (QED) is 0.803. The van der Waals surface area contributed by atoms with Crippen molar-refractivity contribution in [1.29, 1.82) is 0 Å². The van der Waals surface area contributed by atoms with E-state index in [2.05, 4.69) is 4.98 Å². The third-order valence-electron chi connectivity index (χ3n) is 2.76. The smallest absolute Gasteiger partial charge is 0.152 e. The van der Waals surface area contributed by atoms with Crippen molar-refractivity contribution >= 4 is 34.9 Å². The zero-order chi connectivity index (χ0) is 13.1. The number of benzene rings is 1. The van der Waals surface area contributed by atoms with Crippen molar-refractivity contribution in [2.75, 3.05) is 11.9 Å². The lowest BCUT2D eigenvalue weighted by atomic mass is 10.2. The Morgan fingerprint density at radius 1 is 1.50 bits per heavy atom. The summed E-state index contributed by atoms with van der Waals surface area (Å²) in [6.45, 7) is 2.70. The number of aldehydes is 1. The molecule has 0 spiro atoms. The topological polar surface area (TPSA) is 33.2 Å². The van der Waals surface area contributed by atoms with Crippen LogP contribution < -0.4 is 4.90 Å². The molecule has 0 atom stereocenters. The molecule has 0 N–H and O–H groups in total. The van der Waals surface area contributed by atoms with Crippen LogP contribution in [0.1, 0.15) is 20.9 Å². The Bertz CT molecular complexity index is 568. The normalized spacial score (nSPS) is 10.4. The number of carbonyl (C=O) groups is 1. The maximum absolute atomic E-state index is 11.0. The lowest BCUT2D eigenvalue weighted by Gasteiger charge is -2.20. The molecule has 0 unspecified atom stereocenters. The number of aryl methyl sites for hydroxylation is 1. The first-order chi connectivity index (χ1) is 8.61. The molecule has 2 rings (SSSR count). The molecule has 0 bridgehead atoms. The number of hydrogen-bond acceptors (Lipinski definition) is 4. The Kier molecular flexibility index (Phi) is 3.99. The molecule has 0 fully saturated rings. The molecule has 0 amide bonds. The highest BCUT2D eigenvalue weighted by Gasteiger charge is 2.10. The molecule has 18 heavy (non-hydrogen) atoms. The van der Waals surface area contributed by atoms with Crippen LogP contribution in [-0.2, 0) is 6.54 Å². The molecule has 94 valence electrons. The van der Waals surface area contributed by atoms with Crippen molar-refractivity contribution in [2.45, 2.75) is 13.5 Å². The minimum atomic E-state index is 0.628. The van der Waals surface area contributed by atoms with Crippen molar-refractivity contribution in [3.63, 3.8) is 0 Å². The van der Waals surface area contributed by atoms with Gasteiger partial charge in [0.2, 0.25) is 0 Å². The van der Waals surface area contributed by atoms with E-state index in [-0.39, 0.29) is 0 Å². The van der Waals surface area contributed by atoms with E-state index in [9.17, 15) is 4.79 Å². The van der Waals surface area contributed by atoms with Gasteiger partial charge in [0, 0.05) is 28.2 Å². The van der Waals surface area contributed by atoms with Gasteiger partial charge in [0.25, 0.3) is 0 Å². The van der Waals surface area contributed by atoms with Gasteiger partial charge >= 0.3 is 0 Å². The van der Waals surface area contributed by atoms with Gasteiger partial charge in [-0.1, -0.05) is 11.6 Å². The SMILES string of the molecule is Cc1ncsc1CN(C)c1cc(Cl)ccc1C=O. The fraction of sp³-hybridized carbons (Fsp3) is 0.231. The van der Waals surface area contributed by atoms with Crippen LogP contribution in [0, 0.1) is 6.92 Å². The van der Waals surface area contributed by atoms with E-state index in [0.29, 0.717) is 10.6 Å². The third-order valence-corrected chi connectivity index (χ3v) is 3.91. The first-order valence-electron chi connectivity index (χ1n) is 5.46. The van der Waals surface area contributed by atoms with E-state index in [4.69, 9.17) is 11.6 Å².